The average Bonchev–Trinajstić information content (AvgIpc) is 3.14. The lowest BCUT2D eigenvalue weighted by atomic mass is 10.2. The van der Waals surface area contributed by atoms with E-state index in [0.717, 1.165) is 63.6 Å². The van der Waals surface area contributed by atoms with Crippen molar-refractivity contribution in [1.29, 1.82) is 0 Å². The standard InChI is InChI=1S/C17H27N5O2/c1-13-12-15(19-17(18-13)24-3)21-10-8-20(9-11-21)14(2)16(23)22-6-4-5-7-22/h12,14H,4-11H2,1-3H3. The Morgan fingerprint density at radius 1 is 1.12 bits per heavy atom. The van der Waals surface area contributed by atoms with Crippen LogP contribution in [0.3, 0.4) is 0 Å². The maximum atomic E-state index is 12.6. The number of nitrogens with zero attached hydrogens (tertiary/aromatic N) is 5. The van der Waals surface area contributed by atoms with E-state index in [1.54, 1.807) is 7.11 Å². The van der Waals surface area contributed by atoms with E-state index in [1.807, 2.05) is 24.8 Å². The Morgan fingerprint density at radius 3 is 2.42 bits per heavy atom. The Morgan fingerprint density at radius 2 is 1.79 bits per heavy atom. The van der Waals surface area contributed by atoms with Crippen LogP contribution in [-0.4, -0.2) is 78.1 Å². The summed E-state index contributed by atoms with van der Waals surface area (Å²) in [7, 11) is 1.59. The number of hydrogen-bond donors (Lipinski definition) is 0. The quantitative estimate of drug-likeness (QED) is 0.817. The molecule has 1 atom stereocenters. The predicted molar refractivity (Wildman–Crippen MR) is 92.4 cm³/mol. The van der Waals surface area contributed by atoms with E-state index in [0.29, 0.717) is 6.01 Å². The van der Waals surface area contributed by atoms with Crippen LogP contribution in [0.5, 0.6) is 6.01 Å². The van der Waals surface area contributed by atoms with Gasteiger partial charge in [-0.1, -0.05) is 0 Å². The van der Waals surface area contributed by atoms with E-state index in [9.17, 15) is 4.79 Å². The Balaban J connectivity index is 1.59. The van der Waals surface area contributed by atoms with Gasteiger partial charge in [-0.3, -0.25) is 9.69 Å². The van der Waals surface area contributed by atoms with Gasteiger partial charge in [-0.05, 0) is 26.7 Å². The SMILES string of the molecule is COc1nc(C)cc(N2CCN(C(C)C(=O)N3CCCC3)CC2)n1. The molecule has 0 radical (unpaired) electrons. The minimum atomic E-state index is -0.0353. The van der Waals surface area contributed by atoms with Gasteiger partial charge < -0.3 is 14.5 Å². The number of aromatic nitrogens is 2. The molecule has 0 bridgehead atoms. The van der Waals surface area contributed by atoms with Gasteiger partial charge in [0.05, 0.1) is 13.2 Å². The van der Waals surface area contributed by atoms with Crippen LogP contribution in [-0.2, 0) is 4.79 Å². The molecule has 3 rings (SSSR count). The normalized spacial score (nSPS) is 20.3. The summed E-state index contributed by atoms with van der Waals surface area (Å²) >= 11 is 0. The molecule has 2 fully saturated rings. The third-order valence-corrected chi connectivity index (χ3v) is 4.96. The Kier molecular flexibility index (Phi) is 5.18. The number of piperazine rings is 1. The molecule has 132 valence electrons. The highest BCUT2D eigenvalue weighted by atomic mass is 16.5. The molecule has 1 aromatic rings. The lowest BCUT2D eigenvalue weighted by Crippen LogP contribution is -2.54. The second kappa shape index (κ2) is 7.34. The summed E-state index contributed by atoms with van der Waals surface area (Å²) < 4.78 is 5.16. The minimum absolute atomic E-state index is 0.0353. The minimum Gasteiger partial charge on any atom is -0.467 e. The second-order valence-corrected chi connectivity index (χ2v) is 6.59. The fourth-order valence-corrected chi connectivity index (χ4v) is 3.47. The van der Waals surface area contributed by atoms with Gasteiger partial charge in [0.1, 0.15) is 5.82 Å². The van der Waals surface area contributed by atoms with E-state index in [-0.39, 0.29) is 11.9 Å². The molecule has 1 unspecified atom stereocenters. The Bertz CT molecular complexity index is 580. The molecule has 2 aliphatic rings. The predicted octanol–water partition coefficient (Wildman–Crippen LogP) is 0.927. The van der Waals surface area contributed by atoms with Crippen molar-refractivity contribution in [3.8, 4) is 6.01 Å². The molecular weight excluding hydrogens is 306 g/mol. The van der Waals surface area contributed by atoms with Crippen LogP contribution in [0, 0.1) is 6.92 Å². The van der Waals surface area contributed by atoms with Crippen LogP contribution < -0.4 is 9.64 Å². The number of aryl methyl sites for hydroxylation is 1. The fourth-order valence-electron chi connectivity index (χ4n) is 3.47. The van der Waals surface area contributed by atoms with Gasteiger partial charge in [0.2, 0.25) is 5.91 Å². The summed E-state index contributed by atoms with van der Waals surface area (Å²) in [6.45, 7) is 9.27. The first-order valence-electron chi connectivity index (χ1n) is 8.76. The zero-order valence-electron chi connectivity index (χ0n) is 14.9. The maximum Gasteiger partial charge on any atom is 0.318 e. The molecule has 3 heterocycles. The molecule has 1 amide bonds. The average molecular weight is 333 g/mol. The molecular formula is C17H27N5O2. The molecule has 7 nitrogen and oxygen atoms in total. The van der Waals surface area contributed by atoms with Crippen molar-refractivity contribution in [3.05, 3.63) is 11.8 Å². The number of amides is 1. The largest absolute Gasteiger partial charge is 0.467 e. The first-order valence-corrected chi connectivity index (χ1v) is 8.76. The molecule has 1 aromatic heterocycles. The number of anilines is 1. The topological polar surface area (TPSA) is 61.8 Å². The van der Waals surface area contributed by atoms with Crippen LogP contribution in [0.2, 0.25) is 0 Å². The van der Waals surface area contributed by atoms with Crippen LogP contribution >= 0.6 is 0 Å². The number of hydrogen-bond acceptors (Lipinski definition) is 6. The highest BCUT2D eigenvalue weighted by Gasteiger charge is 2.30. The van der Waals surface area contributed by atoms with Gasteiger partial charge in [0, 0.05) is 51.0 Å². The van der Waals surface area contributed by atoms with Gasteiger partial charge in [-0.15, -0.1) is 0 Å². The summed E-state index contributed by atoms with van der Waals surface area (Å²) in [5.74, 6) is 1.18. The molecule has 0 aliphatic carbocycles. The van der Waals surface area contributed by atoms with Crippen LogP contribution in [0.15, 0.2) is 6.07 Å². The Hall–Kier alpha value is -1.89. The molecule has 0 aromatic carbocycles. The molecule has 7 heteroatoms. The van der Waals surface area contributed by atoms with E-state index < -0.39 is 0 Å². The monoisotopic (exact) mass is 333 g/mol. The van der Waals surface area contributed by atoms with Crippen molar-refractivity contribution in [2.24, 2.45) is 0 Å². The van der Waals surface area contributed by atoms with E-state index in [1.165, 1.54) is 0 Å². The lowest BCUT2D eigenvalue weighted by Gasteiger charge is -2.39. The lowest BCUT2D eigenvalue weighted by molar-refractivity contribution is -0.135. The van der Waals surface area contributed by atoms with Gasteiger partial charge >= 0.3 is 6.01 Å². The molecule has 2 aliphatic heterocycles. The number of likely N-dealkylation sites (tertiary alicyclic amines) is 1. The van der Waals surface area contributed by atoms with Gasteiger partial charge in [0.15, 0.2) is 0 Å². The third kappa shape index (κ3) is 3.61. The number of carbonyl (C=O) groups excluding carboxylic acids is 1. The summed E-state index contributed by atoms with van der Waals surface area (Å²) in [4.78, 5) is 27.8. The van der Waals surface area contributed by atoms with Gasteiger partial charge in [-0.25, -0.2) is 4.98 Å². The van der Waals surface area contributed by atoms with Crippen molar-refractivity contribution < 1.29 is 9.53 Å². The van der Waals surface area contributed by atoms with E-state index >= 15 is 0 Å². The van der Waals surface area contributed by atoms with Gasteiger partial charge in [-0.2, -0.15) is 4.98 Å². The van der Waals surface area contributed by atoms with Crippen molar-refractivity contribution >= 4 is 11.7 Å². The van der Waals surface area contributed by atoms with Crippen molar-refractivity contribution in [1.82, 2.24) is 19.8 Å². The molecule has 2 saturated heterocycles. The molecule has 24 heavy (non-hydrogen) atoms. The summed E-state index contributed by atoms with van der Waals surface area (Å²) in [6.07, 6.45) is 2.28. The summed E-state index contributed by atoms with van der Waals surface area (Å²) in [5.41, 5.74) is 0.900. The molecule has 0 saturated carbocycles. The second-order valence-electron chi connectivity index (χ2n) is 6.59. The highest BCUT2D eigenvalue weighted by Crippen LogP contribution is 2.19. The molecule has 0 spiro atoms. The van der Waals surface area contributed by atoms with E-state index in [4.69, 9.17) is 4.74 Å². The zero-order chi connectivity index (χ0) is 17.1. The first kappa shape index (κ1) is 17.0. The van der Waals surface area contributed by atoms with Crippen LogP contribution in [0.25, 0.3) is 0 Å². The zero-order valence-corrected chi connectivity index (χ0v) is 14.9. The number of ether oxygens (including phenoxy) is 1. The summed E-state index contributed by atoms with van der Waals surface area (Å²) in [6, 6.07) is 2.36. The third-order valence-electron chi connectivity index (χ3n) is 4.96. The summed E-state index contributed by atoms with van der Waals surface area (Å²) in [5, 5.41) is 0. The van der Waals surface area contributed by atoms with Crippen LogP contribution in [0.1, 0.15) is 25.5 Å². The number of carbonyl (C=O) groups is 1. The Labute approximate surface area is 143 Å². The number of methoxy groups -OCH3 is 1. The van der Waals surface area contributed by atoms with Crippen molar-refractivity contribution in [2.75, 3.05) is 51.3 Å². The van der Waals surface area contributed by atoms with E-state index in [2.05, 4.69) is 19.8 Å². The first-order chi connectivity index (χ1) is 11.6. The van der Waals surface area contributed by atoms with Crippen molar-refractivity contribution in [2.45, 2.75) is 32.7 Å². The van der Waals surface area contributed by atoms with Crippen molar-refractivity contribution in [3.63, 3.8) is 0 Å². The van der Waals surface area contributed by atoms with Gasteiger partial charge in [0.25, 0.3) is 0 Å². The molecule has 0 N–H and O–H groups in total. The highest BCUT2D eigenvalue weighted by molar-refractivity contribution is 5.81. The fraction of sp³-hybridized carbons (Fsp3) is 0.706. The maximum absolute atomic E-state index is 12.6. The number of rotatable bonds is 4. The smallest absolute Gasteiger partial charge is 0.318 e. The van der Waals surface area contributed by atoms with Crippen LogP contribution in [0.4, 0.5) is 5.82 Å².